The number of aliphatic hydroxyl groups excluding tert-OH is 1. The van der Waals surface area contributed by atoms with Gasteiger partial charge in [0.1, 0.15) is 0 Å². The Kier molecular flexibility index (Phi) is 7.58. The first-order valence-electron chi connectivity index (χ1n) is 11.9. The minimum absolute atomic E-state index is 0.0825. The van der Waals surface area contributed by atoms with Crippen molar-refractivity contribution in [1.82, 2.24) is 9.80 Å². The highest BCUT2D eigenvalue weighted by Gasteiger charge is 2.32. The molecule has 1 heterocycles. The number of likely N-dealkylation sites (N-methyl/N-ethyl adjacent to an activating group) is 1. The van der Waals surface area contributed by atoms with Gasteiger partial charge in [0.15, 0.2) is 0 Å². The molecule has 1 aliphatic rings. The molecule has 0 radical (unpaired) electrons. The van der Waals surface area contributed by atoms with Crippen molar-refractivity contribution < 1.29 is 9.90 Å². The summed E-state index contributed by atoms with van der Waals surface area (Å²) in [6, 6.07) is 28.6. The molecule has 0 aromatic heterocycles. The molecule has 1 aliphatic heterocycles. The SMILES string of the molecule is CCc1cccc([C@@H](CN2CC[C@H](O)C2)N(C)C(=O)C(c2ccccc2)c2ccccc2)c1. The molecule has 3 aromatic rings. The van der Waals surface area contributed by atoms with Crippen LogP contribution in [0.5, 0.6) is 0 Å². The minimum Gasteiger partial charge on any atom is -0.392 e. The highest BCUT2D eigenvalue weighted by atomic mass is 16.3. The second-order valence-electron chi connectivity index (χ2n) is 9.02. The van der Waals surface area contributed by atoms with Crippen molar-refractivity contribution in [3.63, 3.8) is 0 Å². The topological polar surface area (TPSA) is 43.8 Å². The van der Waals surface area contributed by atoms with E-state index in [1.54, 1.807) is 0 Å². The Morgan fingerprint density at radius 2 is 1.58 bits per heavy atom. The molecule has 172 valence electrons. The van der Waals surface area contributed by atoms with Crippen LogP contribution in [0.25, 0.3) is 0 Å². The highest BCUT2D eigenvalue weighted by Crippen LogP contribution is 2.31. The van der Waals surface area contributed by atoms with Gasteiger partial charge in [0, 0.05) is 26.7 Å². The van der Waals surface area contributed by atoms with Crippen LogP contribution >= 0.6 is 0 Å². The summed E-state index contributed by atoms with van der Waals surface area (Å²) in [6.45, 7) is 4.38. The average Bonchev–Trinajstić information content (AvgIpc) is 3.28. The van der Waals surface area contributed by atoms with E-state index in [0.29, 0.717) is 13.1 Å². The Bertz CT molecular complexity index is 998. The van der Waals surface area contributed by atoms with E-state index in [0.717, 1.165) is 36.1 Å². The molecular weight excluding hydrogens is 408 g/mol. The molecule has 4 rings (SSSR count). The van der Waals surface area contributed by atoms with Gasteiger partial charge in [0.25, 0.3) is 0 Å². The maximum Gasteiger partial charge on any atom is 0.234 e. The fourth-order valence-corrected chi connectivity index (χ4v) is 4.82. The largest absolute Gasteiger partial charge is 0.392 e. The van der Waals surface area contributed by atoms with Gasteiger partial charge in [-0.1, -0.05) is 91.9 Å². The lowest BCUT2D eigenvalue weighted by Gasteiger charge is -2.35. The number of benzene rings is 3. The summed E-state index contributed by atoms with van der Waals surface area (Å²) >= 11 is 0. The molecule has 4 heteroatoms. The number of hydrogen-bond acceptors (Lipinski definition) is 3. The van der Waals surface area contributed by atoms with Crippen molar-refractivity contribution >= 4 is 5.91 Å². The first kappa shape index (κ1) is 23.2. The molecule has 1 fully saturated rings. The second kappa shape index (κ2) is 10.8. The fourth-order valence-electron chi connectivity index (χ4n) is 4.82. The normalized spacial score (nSPS) is 17.3. The number of aryl methyl sites for hydroxylation is 1. The Hall–Kier alpha value is -2.95. The van der Waals surface area contributed by atoms with Gasteiger partial charge in [-0.15, -0.1) is 0 Å². The third-order valence-corrected chi connectivity index (χ3v) is 6.75. The third kappa shape index (κ3) is 5.52. The van der Waals surface area contributed by atoms with E-state index in [2.05, 4.69) is 36.1 Å². The lowest BCUT2D eigenvalue weighted by Crippen LogP contribution is -2.41. The monoisotopic (exact) mass is 442 g/mol. The number of amides is 1. The van der Waals surface area contributed by atoms with Gasteiger partial charge < -0.3 is 10.0 Å². The molecule has 1 N–H and O–H groups in total. The Labute approximate surface area is 197 Å². The van der Waals surface area contributed by atoms with Crippen LogP contribution in [-0.2, 0) is 11.2 Å². The lowest BCUT2D eigenvalue weighted by atomic mass is 9.89. The van der Waals surface area contributed by atoms with Gasteiger partial charge in [0.2, 0.25) is 5.91 Å². The number of hydrogen-bond donors (Lipinski definition) is 1. The first-order valence-corrected chi connectivity index (χ1v) is 11.9. The molecule has 1 saturated heterocycles. The standard InChI is InChI=1S/C29H34N2O2/c1-3-22-11-10-16-25(19-22)27(21-31-18-17-26(32)20-31)30(2)29(33)28(23-12-6-4-7-13-23)24-14-8-5-9-15-24/h4-16,19,26-28,32H,3,17-18,20-21H2,1-2H3/t26-,27+/m0/s1. The summed E-state index contributed by atoms with van der Waals surface area (Å²) in [5.74, 6) is -0.280. The van der Waals surface area contributed by atoms with Crippen LogP contribution in [-0.4, -0.2) is 53.6 Å². The number of carbonyl (C=O) groups is 1. The van der Waals surface area contributed by atoms with Crippen molar-refractivity contribution in [3.8, 4) is 0 Å². The van der Waals surface area contributed by atoms with E-state index in [-0.39, 0.29) is 24.0 Å². The fraction of sp³-hybridized carbons (Fsp3) is 0.345. The van der Waals surface area contributed by atoms with Crippen LogP contribution < -0.4 is 0 Å². The molecule has 1 amide bonds. The zero-order valence-electron chi connectivity index (χ0n) is 19.6. The van der Waals surface area contributed by atoms with Gasteiger partial charge in [0.05, 0.1) is 18.1 Å². The number of rotatable bonds is 8. The summed E-state index contributed by atoms with van der Waals surface area (Å²) in [5, 5.41) is 10.1. The summed E-state index contributed by atoms with van der Waals surface area (Å²) in [7, 11) is 1.93. The van der Waals surface area contributed by atoms with Gasteiger partial charge >= 0.3 is 0 Å². The van der Waals surface area contributed by atoms with Crippen LogP contribution in [0.1, 0.15) is 47.6 Å². The molecule has 2 atom stereocenters. The predicted molar refractivity (Wildman–Crippen MR) is 133 cm³/mol. The van der Waals surface area contributed by atoms with E-state index in [1.807, 2.05) is 72.6 Å². The van der Waals surface area contributed by atoms with E-state index < -0.39 is 0 Å². The third-order valence-electron chi connectivity index (χ3n) is 6.75. The van der Waals surface area contributed by atoms with Gasteiger partial charge in [-0.25, -0.2) is 0 Å². The molecule has 3 aromatic carbocycles. The molecule has 0 unspecified atom stereocenters. The quantitative estimate of drug-likeness (QED) is 0.552. The van der Waals surface area contributed by atoms with E-state index in [9.17, 15) is 9.90 Å². The van der Waals surface area contributed by atoms with Crippen LogP contribution in [0.2, 0.25) is 0 Å². The summed E-state index contributed by atoms with van der Waals surface area (Å²) in [6.07, 6.45) is 1.46. The molecule has 4 nitrogen and oxygen atoms in total. The smallest absolute Gasteiger partial charge is 0.234 e. The summed E-state index contributed by atoms with van der Waals surface area (Å²) in [5.41, 5.74) is 4.41. The van der Waals surface area contributed by atoms with Crippen LogP contribution in [0.3, 0.4) is 0 Å². The zero-order valence-corrected chi connectivity index (χ0v) is 19.6. The first-order chi connectivity index (χ1) is 16.1. The van der Waals surface area contributed by atoms with Crippen LogP contribution in [0.4, 0.5) is 0 Å². The van der Waals surface area contributed by atoms with Crippen molar-refractivity contribution in [3.05, 3.63) is 107 Å². The predicted octanol–water partition coefficient (Wildman–Crippen LogP) is 4.65. The maximum atomic E-state index is 14.1. The number of β-amino-alcohol motifs (C(OH)–C–C–N with tert-alkyl or cyclic N) is 1. The lowest BCUT2D eigenvalue weighted by molar-refractivity contribution is -0.133. The van der Waals surface area contributed by atoms with Crippen molar-refractivity contribution in [2.24, 2.45) is 0 Å². The Morgan fingerprint density at radius 3 is 2.12 bits per heavy atom. The second-order valence-corrected chi connectivity index (χ2v) is 9.02. The summed E-state index contributed by atoms with van der Waals surface area (Å²) in [4.78, 5) is 18.3. The molecule has 0 saturated carbocycles. The van der Waals surface area contributed by atoms with Gasteiger partial charge in [-0.2, -0.15) is 0 Å². The number of nitrogens with zero attached hydrogens (tertiary/aromatic N) is 2. The van der Waals surface area contributed by atoms with Crippen molar-refractivity contribution in [2.45, 2.75) is 37.8 Å². The molecular formula is C29H34N2O2. The molecule has 0 aliphatic carbocycles. The van der Waals surface area contributed by atoms with E-state index in [4.69, 9.17) is 0 Å². The van der Waals surface area contributed by atoms with Crippen LogP contribution in [0, 0.1) is 0 Å². The van der Waals surface area contributed by atoms with Gasteiger partial charge in [-0.3, -0.25) is 9.69 Å². The van der Waals surface area contributed by atoms with Crippen molar-refractivity contribution in [2.75, 3.05) is 26.7 Å². The molecule has 33 heavy (non-hydrogen) atoms. The Balaban J connectivity index is 1.69. The average molecular weight is 443 g/mol. The van der Waals surface area contributed by atoms with Gasteiger partial charge in [-0.05, 0) is 35.1 Å². The van der Waals surface area contributed by atoms with Crippen molar-refractivity contribution in [1.29, 1.82) is 0 Å². The van der Waals surface area contributed by atoms with Crippen LogP contribution in [0.15, 0.2) is 84.9 Å². The number of likely N-dealkylation sites (tertiary alicyclic amines) is 1. The number of carbonyl (C=O) groups excluding carboxylic acids is 1. The van der Waals surface area contributed by atoms with E-state index in [1.165, 1.54) is 5.56 Å². The molecule has 0 spiro atoms. The van der Waals surface area contributed by atoms with E-state index >= 15 is 0 Å². The summed E-state index contributed by atoms with van der Waals surface area (Å²) < 4.78 is 0. The zero-order chi connectivity index (χ0) is 23.2. The molecule has 0 bridgehead atoms. The number of aliphatic hydroxyl groups is 1. The Morgan fingerprint density at radius 1 is 0.970 bits per heavy atom. The minimum atomic E-state index is -0.363. The highest BCUT2D eigenvalue weighted by molar-refractivity contribution is 5.87. The maximum absolute atomic E-state index is 14.1.